The summed E-state index contributed by atoms with van der Waals surface area (Å²) in [6.07, 6.45) is 6.73. The van der Waals surface area contributed by atoms with Crippen molar-refractivity contribution in [2.45, 2.75) is 58.6 Å². The van der Waals surface area contributed by atoms with E-state index in [-0.39, 0.29) is 0 Å². The van der Waals surface area contributed by atoms with Crippen molar-refractivity contribution in [3.8, 4) is 0 Å². The van der Waals surface area contributed by atoms with Crippen LogP contribution >= 0.6 is 0 Å². The normalized spacial score (nSPS) is 17.4. The number of ether oxygens (including phenoxy) is 1. The molecule has 1 N–H and O–H groups in total. The Morgan fingerprint density at radius 2 is 1.85 bits per heavy atom. The Bertz CT molecular complexity index is 990. The minimum absolute atomic E-state index is 0.426. The lowest BCUT2D eigenvalue weighted by molar-refractivity contribution is 0.0636. The Morgan fingerprint density at radius 3 is 2.58 bits per heavy atom. The van der Waals surface area contributed by atoms with E-state index in [9.17, 15) is 4.79 Å². The molecule has 0 radical (unpaired) electrons. The van der Waals surface area contributed by atoms with Crippen LogP contribution in [0.5, 0.6) is 0 Å². The third-order valence-electron chi connectivity index (χ3n) is 6.02. The van der Waals surface area contributed by atoms with Crippen molar-refractivity contribution >= 4 is 23.2 Å². The Kier molecular flexibility index (Phi) is 7.33. The smallest absolute Gasteiger partial charge is 0.412 e. The molecule has 2 aromatic rings. The first-order chi connectivity index (χ1) is 15.9. The van der Waals surface area contributed by atoms with E-state index >= 15 is 0 Å². The van der Waals surface area contributed by atoms with Crippen LogP contribution in [0.1, 0.15) is 57.7 Å². The van der Waals surface area contributed by atoms with Crippen molar-refractivity contribution in [2.75, 3.05) is 36.4 Å². The van der Waals surface area contributed by atoms with Crippen LogP contribution in [-0.4, -0.2) is 47.8 Å². The number of carbonyl (C=O) groups excluding carboxylic acids is 1. The quantitative estimate of drug-likeness (QED) is 0.635. The zero-order chi connectivity index (χ0) is 23.3. The first-order valence-corrected chi connectivity index (χ1v) is 12.1. The maximum absolute atomic E-state index is 12.1. The van der Waals surface area contributed by atoms with Gasteiger partial charge in [-0.1, -0.05) is 24.3 Å². The van der Waals surface area contributed by atoms with E-state index < -0.39 is 11.7 Å². The van der Waals surface area contributed by atoms with E-state index in [1.54, 1.807) is 0 Å². The van der Waals surface area contributed by atoms with Crippen LogP contribution in [0.3, 0.4) is 0 Å². The number of anilines is 2. The van der Waals surface area contributed by atoms with Crippen molar-refractivity contribution in [3.05, 3.63) is 59.8 Å². The van der Waals surface area contributed by atoms with Crippen molar-refractivity contribution in [1.29, 1.82) is 0 Å². The molecular weight excluding hydrogens is 412 g/mol. The van der Waals surface area contributed by atoms with Crippen LogP contribution in [-0.2, 0) is 11.3 Å². The van der Waals surface area contributed by atoms with Gasteiger partial charge in [0.05, 0.1) is 5.69 Å². The molecule has 0 saturated carbocycles. The van der Waals surface area contributed by atoms with Crippen molar-refractivity contribution < 1.29 is 9.53 Å². The summed E-state index contributed by atoms with van der Waals surface area (Å²) < 4.78 is 5.36. The molecule has 1 fully saturated rings. The van der Waals surface area contributed by atoms with Gasteiger partial charge in [0, 0.05) is 38.4 Å². The minimum Gasteiger partial charge on any atom is -0.444 e. The lowest BCUT2D eigenvalue weighted by atomic mass is 10.0. The number of carbonyl (C=O) groups is 1. The van der Waals surface area contributed by atoms with Crippen LogP contribution < -0.4 is 10.2 Å². The van der Waals surface area contributed by atoms with Gasteiger partial charge in [-0.15, -0.1) is 0 Å². The van der Waals surface area contributed by atoms with Gasteiger partial charge in [0.1, 0.15) is 11.4 Å². The molecule has 0 atom stereocenters. The molecule has 1 aromatic carbocycles. The fourth-order valence-electron chi connectivity index (χ4n) is 4.42. The lowest BCUT2D eigenvalue weighted by Gasteiger charge is -2.29. The largest absolute Gasteiger partial charge is 0.444 e. The van der Waals surface area contributed by atoms with Gasteiger partial charge < -0.3 is 9.64 Å². The molecule has 0 bridgehead atoms. The third kappa shape index (κ3) is 6.81. The van der Waals surface area contributed by atoms with Gasteiger partial charge in [-0.05, 0) is 81.9 Å². The molecular formula is C27H36N4O2. The SMILES string of the molecule is CC(C)(C)OC(=O)Nc1cccc(CN2CC=C(c3cccc(N4CCCCC4)n3)CC2)c1. The molecule has 176 valence electrons. The Labute approximate surface area is 197 Å². The van der Waals surface area contributed by atoms with Gasteiger partial charge in [-0.2, -0.15) is 0 Å². The number of nitrogens with zero attached hydrogens (tertiary/aromatic N) is 3. The highest BCUT2D eigenvalue weighted by Gasteiger charge is 2.18. The molecule has 0 spiro atoms. The first-order valence-electron chi connectivity index (χ1n) is 12.1. The number of amides is 1. The lowest BCUT2D eigenvalue weighted by Crippen LogP contribution is -2.30. The average molecular weight is 449 g/mol. The van der Waals surface area contributed by atoms with Gasteiger partial charge in [0.2, 0.25) is 0 Å². The zero-order valence-electron chi connectivity index (χ0n) is 20.1. The highest BCUT2D eigenvalue weighted by atomic mass is 16.6. The van der Waals surface area contributed by atoms with Crippen LogP contribution in [0.25, 0.3) is 5.57 Å². The van der Waals surface area contributed by atoms with E-state index in [0.29, 0.717) is 0 Å². The molecule has 2 aliphatic heterocycles. The molecule has 1 saturated heterocycles. The summed E-state index contributed by atoms with van der Waals surface area (Å²) in [6, 6.07) is 14.4. The summed E-state index contributed by atoms with van der Waals surface area (Å²) in [6.45, 7) is 10.5. The number of rotatable bonds is 5. The molecule has 3 heterocycles. The van der Waals surface area contributed by atoms with E-state index in [1.807, 2.05) is 39.0 Å². The molecule has 6 heteroatoms. The number of piperidine rings is 1. The maximum Gasteiger partial charge on any atom is 0.412 e. The highest BCUT2D eigenvalue weighted by Crippen LogP contribution is 2.25. The van der Waals surface area contributed by atoms with Gasteiger partial charge >= 0.3 is 6.09 Å². The van der Waals surface area contributed by atoms with Crippen LogP contribution in [0.2, 0.25) is 0 Å². The van der Waals surface area contributed by atoms with Gasteiger partial charge in [0.25, 0.3) is 0 Å². The molecule has 6 nitrogen and oxygen atoms in total. The monoisotopic (exact) mass is 448 g/mol. The standard InChI is InChI=1S/C27H36N4O2/c1-27(2,3)33-26(32)28-23-10-7-9-21(19-23)20-30-17-13-22(14-18-30)24-11-8-12-25(29-24)31-15-5-4-6-16-31/h7-13,19H,4-6,14-18,20H2,1-3H3,(H,28,32). The molecule has 33 heavy (non-hydrogen) atoms. The van der Waals surface area contributed by atoms with Gasteiger partial charge in [-0.25, -0.2) is 9.78 Å². The van der Waals surface area contributed by atoms with E-state index in [0.717, 1.165) is 56.3 Å². The fourth-order valence-corrected chi connectivity index (χ4v) is 4.42. The number of pyridine rings is 1. The second-order valence-electron chi connectivity index (χ2n) is 9.97. The number of nitrogens with one attached hydrogen (secondary N) is 1. The van der Waals surface area contributed by atoms with Gasteiger partial charge in [0.15, 0.2) is 0 Å². The molecule has 0 unspecified atom stereocenters. The van der Waals surface area contributed by atoms with Crippen LogP contribution in [0.15, 0.2) is 48.5 Å². The number of aromatic nitrogens is 1. The summed E-state index contributed by atoms with van der Waals surface area (Å²) in [5, 5.41) is 2.83. The summed E-state index contributed by atoms with van der Waals surface area (Å²) >= 11 is 0. The fraction of sp³-hybridized carbons (Fsp3) is 0.481. The number of hydrogen-bond donors (Lipinski definition) is 1. The minimum atomic E-state index is -0.512. The molecule has 2 aliphatic rings. The van der Waals surface area contributed by atoms with E-state index in [4.69, 9.17) is 9.72 Å². The molecule has 1 aromatic heterocycles. The maximum atomic E-state index is 12.1. The average Bonchev–Trinajstić information content (AvgIpc) is 2.79. The summed E-state index contributed by atoms with van der Waals surface area (Å²) in [5.74, 6) is 1.12. The molecule has 1 amide bonds. The van der Waals surface area contributed by atoms with Crippen molar-refractivity contribution in [3.63, 3.8) is 0 Å². The number of benzene rings is 1. The highest BCUT2D eigenvalue weighted by molar-refractivity contribution is 5.84. The second kappa shape index (κ2) is 10.4. The Morgan fingerprint density at radius 1 is 1.06 bits per heavy atom. The Balaban J connectivity index is 1.34. The van der Waals surface area contributed by atoms with Crippen molar-refractivity contribution in [2.24, 2.45) is 0 Å². The Hall–Kier alpha value is -2.86. The van der Waals surface area contributed by atoms with Crippen LogP contribution in [0.4, 0.5) is 16.3 Å². The van der Waals surface area contributed by atoms with Crippen molar-refractivity contribution in [1.82, 2.24) is 9.88 Å². The van der Waals surface area contributed by atoms with E-state index in [2.05, 4.69) is 45.5 Å². The number of hydrogen-bond acceptors (Lipinski definition) is 5. The molecule has 4 rings (SSSR count). The predicted molar refractivity (Wildman–Crippen MR) is 134 cm³/mol. The predicted octanol–water partition coefficient (Wildman–Crippen LogP) is 5.71. The topological polar surface area (TPSA) is 57.7 Å². The summed E-state index contributed by atoms with van der Waals surface area (Å²) in [7, 11) is 0. The zero-order valence-corrected chi connectivity index (χ0v) is 20.1. The van der Waals surface area contributed by atoms with Gasteiger partial charge in [-0.3, -0.25) is 10.2 Å². The molecule has 0 aliphatic carbocycles. The summed E-state index contributed by atoms with van der Waals surface area (Å²) in [4.78, 5) is 21.9. The third-order valence-corrected chi connectivity index (χ3v) is 6.02. The second-order valence-corrected chi connectivity index (χ2v) is 9.97. The van der Waals surface area contributed by atoms with E-state index in [1.165, 1.54) is 30.4 Å². The summed E-state index contributed by atoms with van der Waals surface area (Å²) in [5.41, 5.74) is 3.87. The first kappa shape index (κ1) is 23.3. The van der Waals surface area contributed by atoms with Crippen LogP contribution in [0, 0.1) is 0 Å².